The van der Waals surface area contributed by atoms with Gasteiger partial charge >= 0.3 is 0 Å². The summed E-state index contributed by atoms with van der Waals surface area (Å²) >= 11 is 0. The first kappa shape index (κ1) is 19.0. The molecule has 0 unspecified atom stereocenters. The molecular formula is C21H20F2N4O2. The summed E-state index contributed by atoms with van der Waals surface area (Å²) in [6.07, 6.45) is 0.506. The molecule has 0 saturated carbocycles. The van der Waals surface area contributed by atoms with Gasteiger partial charge in [0.15, 0.2) is 0 Å². The van der Waals surface area contributed by atoms with Crippen LogP contribution in [0.2, 0.25) is 0 Å². The fourth-order valence-corrected chi connectivity index (χ4v) is 3.39. The maximum absolute atomic E-state index is 13.9. The second kappa shape index (κ2) is 8.38. The standard InChI is InChI=1S/C21H20F2N4O2/c22-16-6-2-1-5-15(16)21-24-19(29-25-21)9-10-20(28)27-13-11-26(12-14-27)18-8-4-3-7-17(18)23/h1-8H,9-14H2. The predicted molar refractivity (Wildman–Crippen MR) is 103 cm³/mol. The average Bonchev–Trinajstić information content (AvgIpc) is 3.22. The van der Waals surface area contributed by atoms with Crippen molar-refractivity contribution in [3.8, 4) is 11.4 Å². The zero-order chi connectivity index (χ0) is 20.2. The first-order valence-corrected chi connectivity index (χ1v) is 9.46. The molecule has 6 nitrogen and oxygen atoms in total. The van der Waals surface area contributed by atoms with E-state index in [0.717, 1.165) is 0 Å². The van der Waals surface area contributed by atoms with Gasteiger partial charge in [0.1, 0.15) is 11.6 Å². The van der Waals surface area contributed by atoms with Crippen LogP contribution in [0.15, 0.2) is 53.1 Å². The van der Waals surface area contributed by atoms with Gasteiger partial charge in [-0.15, -0.1) is 0 Å². The van der Waals surface area contributed by atoms with Crippen LogP contribution in [-0.2, 0) is 11.2 Å². The Labute approximate surface area is 166 Å². The van der Waals surface area contributed by atoms with Crippen molar-refractivity contribution in [3.05, 3.63) is 66.1 Å². The highest BCUT2D eigenvalue weighted by Crippen LogP contribution is 2.21. The van der Waals surface area contributed by atoms with Crippen molar-refractivity contribution in [2.24, 2.45) is 0 Å². The third-order valence-corrected chi connectivity index (χ3v) is 4.96. The number of hydrogen-bond donors (Lipinski definition) is 0. The number of para-hydroxylation sites is 1. The number of halogens is 2. The first-order valence-electron chi connectivity index (χ1n) is 9.46. The number of carbonyl (C=O) groups is 1. The Morgan fingerprint density at radius 1 is 0.966 bits per heavy atom. The lowest BCUT2D eigenvalue weighted by atomic mass is 10.2. The number of benzene rings is 2. The number of hydrogen-bond acceptors (Lipinski definition) is 5. The van der Waals surface area contributed by atoms with Gasteiger partial charge in [0.25, 0.3) is 0 Å². The van der Waals surface area contributed by atoms with Crippen molar-refractivity contribution in [2.45, 2.75) is 12.8 Å². The number of amides is 1. The number of aryl methyl sites for hydroxylation is 1. The molecule has 1 aliphatic heterocycles. The summed E-state index contributed by atoms with van der Waals surface area (Å²) in [6.45, 7) is 2.20. The summed E-state index contributed by atoms with van der Waals surface area (Å²) in [4.78, 5) is 20.4. The van der Waals surface area contributed by atoms with Crippen LogP contribution in [0.4, 0.5) is 14.5 Å². The zero-order valence-corrected chi connectivity index (χ0v) is 15.7. The number of piperazine rings is 1. The van der Waals surface area contributed by atoms with Crippen molar-refractivity contribution in [1.29, 1.82) is 0 Å². The summed E-state index contributed by atoms with van der Waals surface area (Å²) in [7, 11) is 0. The zero-order valence-electron chi connectivity index (χ0n) is 15.7. The first-order chi connectivity index (χ1) is 14.1. The highest BCUT2D eigenvalue weighted by molar-refractivity contribution is 5.76. The van der Waals surface area contributed by atoms with Gasteiger partial charge in [0.2, 0.25) is 17.6 Å². The van der Waals surface area contributed by atoms with E-state index < -0.39 is 5.82 Å². The minimum Gasteiger partial charge on any atom is -0.366 e. The molecule has 3 aromatic rings. The molecule has 2 heterocycles. The molecule has 8 heteroatoms. The molecule has 0 radical (unpaired) electrons. The van der Waals surface area contributed by atoms with Crippen molar-refractivity contribution < 1.29 is 18.1 Å². The van der Waals surface area contributed by atoms with Gasteiger partial charge in [-0.3, -0.25) is 4.79 Å². The molecule has 1 saturated heterocycles. The molecule has 0 aliphatic carbocycles. The summed E-state index contributed by atoms with van der Waals surface area (Å²) in [5.41, 5.74) is 0.823. The Bertz CT molecular complexity index is 1000. The Morgan fingerprint density at radius 2 is 1.66 bits per heavy atom. The van der Waals surface area contributed by atoms with Gasteiger partial charge < -0.3 is 14.3 Å². The number of nitrogens with zero attached hydrogens (tertiary/aromatic N) is 4. The quantitative estimate of drug-likeness (QED) is 0.660. The van der Waals surface area contributed by atoms with Crippen molar-refractivity contribution in [1.82, 2.24) is 15.0 Å². The topological polar surface area (TPSA) is 62.5 Å². The van der Waals surface area contributed by atoms with Crippen molar-refractivity contribution >= 4 is 11.6 Å². The number of anilines is 1. The maximum atomic E-state index is 13.9. The Hall–Kier alpha value is -3.29. The van der Waals surface area contributed by atoms with Gasteiger partial charge in [-0.25, -0.2) is 8.78 Å². The molecule has 0 N–H and O–H groups in total. The van der Waals surface area contributed by atoms with Gasteiger partial charge in [0.05, 0.1) is 11.3 Å². The fourth-order valence-electron chi connectivity index (χ4n) is 3.39. The summed E-state index contributed by atoms with van der Waals surface area (Å²) in [5, 5.41) is 3.80. The van der Waals surface area contributed by atoms with Crippen LogP contribution in [0.25, 0.3) is 11.4 Å². The van der Waals surface area contributed by atoms with E-state index in [2.05, 4.69) is 10.1 Å². The number of carbonyl (C=O) groups excluding carboxylic acids is 1. The van der Waals surface area contributed by atoms with Crippen LogP contribution in [0, 0.1) is 11.6 Å². The minimum atomic E-state index is -0.427. The van der Waals surface area contributed by atoms with Crippen LogP contribution >= 0.6 is 0 Å². The number of rotatable bonds is 5. The van der Waals surface area contributed by atoms with E-state index in [1.54, 1.807) is 41.3 Å². The van der Waals surface area contributed by atoms with E-state index in [9.17, 15) is 13.6 Å². The molecule has 29 heavy (non-hydrogen) atoms. The minimum absolute atomic E-state index is 0.0242. The smallest absolute Gasteiger partial charge is 0.227 e. The SMILES string of the molecule is O=C(CCc1nc(-c2ccccc2F)no1)N1CCN(c2ccccc2F)CC1. The molecule has 0 spiro atoms. The maximum Gasteiger partial charge on any atom is 0.227 e. The molecule has 1 amide bonds. The molecule has 0 bridgehead atoms. The van der Waals surface area contributed by atoms with Gasteiger partial charge in [0, 0.05) is 39.0 Å². The van der Waals surface area contributed by atoms with Crippen LogP contribution in [0.3, 0.4) is 0 Å². The second-order valence-electron chi connectivity index (χ2n) is 6.81. The van der Waals surface area contributed by atoms with Gasteiger partial charge in [-0.2, -0.15) is 4.98 Å². The van der Waals surface area contributed by atoms with Gasteiger partial charge in [-0.05, 0) is 24.3 Å². The highest BCUT2D eigenvalue weighted by Gasteiger charge is 2.23. The molecular weight excluding hydrogens is 378 g/mol. The summed E-state index contributed by atoms with van der Waals surface area (Å²) in [5.74, 6) is -0.243. The van der Waals surface area contributed by atoms with Crippen LogP contribution in [0.1, 0.15) is 12.3 Å². The lowest BCUT2D eigenvalue weighted by Crippen LogP contribution is -2.49. The molecule has 2 aromatic carbocycles. The lowest BCUT2D eigenvalue weighted by molar-refractivity contribution is -0.131. The molecule has 1 aromatic heterocycles. The van der Waals surface area contributed by atoms with E-state index in [0.29, 0.717) is 37.8 Å². The largest absolute Gasteiger partial charge is 0.366 e. The molecule has 1 fully saturated rings. The third kappa shape index (κ3) is 4.26. The van der Waals surface area contributed by atoms with E-state index in [4.69, 9.17) is 4.52 Å². The molecule has 0 atom stereocenters. The normalized spacial score (nSPS) is 14.3. The second-order valence-corrected chi connectivity index (χ2v) is 6.81. The molecule has 4 rings (SSSR count). The Balaban J connectivity index is 1.30. The van der Waals surface area contributed by atoms with Crippen molar-refractivity contribution in [2.75, 3.05) is 31.1 Å². The molecule has 150 valence electrons. The van der Waals surface area contributed by atoms with Crippen molar-refractivity contribution in [3.63, 3.8) is 0 Å². The summed E-state index contributed by atoms with van der Waals surface area (Å²) in [6, 6.07) is 12.8. The monoisotopic (exact) mass is 398 g/mol. The van der Waals surface area contributed by atoms with Crippen LogP contribution in [-0.4, -0.2) is 47.1 Å². The van der Waals surface area contributed by atoms with E-state index in [-0.39, 0.29) is 36.0 Å². The van der Waals surface area contributed by atoms with E-state index in [1.807, 2.05) is 4.90 Å². The third-order valence-electron chi connectivity index (χ3n) is 4.96. The lowest BCUT2D eigenvalue weighted by Gasteiger charge is -2.36. The highest BCUT2D eigenvalue weighted by atomic mass is 19.1. The van der Waals surface area contributed by atoms with Crippen LogP contribution in [0.5, 0.6) is 0 Å². The van der Waals surface area contributed by atoms with E-state index in [1.165, 1.54) is 12.1 Å². The average molecular weight is 398 g/mol. The Kier molecular flexibility index (Phi) is 5.50. The predicted octanol–water partition coefficient (Wildman–Crippen LogP) is 3.30. The van der Waals surface area contributed by atoms with Gasteiger partial charge in [-0.1, -0.05) is 29.4 Å². The summed E-state index contributed by atoms with van der Waals surface area (Å²) < 4.78 is 32.9. The Morgan fingerprint density at radius 3 is 2.38 bits per heavy atom. The fraction of sp³-hybridized carbons (Fsp3) is 0.286. The number of aromatic nitrogens is 2. The van der Waals surface area contributed by atoms with Crippen LogP contribution < -0.4 is 4.90 Å². The molecule has 1 aliphatic rings. The van der Waals surface area contributed by atoms with E-state index >= 15 is 0 Å².